The minimum atomic E-state index is -0.545. The first-order valence-electron chi connectivity index (χ1n) is 8.67. The number of carbonyl (C=O) groups excluding carboxylic acids is 3. The van der Waals surface area contributed by atoms with Gasteiger partial charge in [0.15, 0.2) is 5.78 Å². The van der Waals surface area contributed by atoms with Gasteiger partial charge in [-0.05, 0) is 36.6 Å². The zero-order valence-electron chi connectivity index (χ0n) is 15.0. The highest BCUT2D eigenvalue weighted by atomic mass is 16.2. The van der Waals surface area contributed by atoms with Crippen LogP contribution in [0.15, 0.2) is 42.5 Å². The topological polar surface area (TPSA) is 63.2 Å². The van der Waals surface area contributed by atoms with Crippen LogP contribution < -0.4 is 5.32 Å². The standard InChI is InChI=1S/C21H25NO3/c1-14(13-15(2)23)21(25)22-16(3)20(24)12-11-18-9-6-8-17-7-4-5-10-19(17)18/h4-10,14,16H,11-13H2,1-3H3,(H,22,25)/t14-,16-/m0/s1. The Labute approximate surface area is 148 Å². The fraction of sp³-hybridized carbons (Fsp3) is 0.381. The molecule has 25 heavy (non-hydrogen) atoms. The highest BCUT2D eigenvalue weighted by Crippen LogP contribution is 2.20. The Morgan fingerprint density at radius 3 is 2.40 bits per heavy atom. The van der Waals surface area contributed by atoms with Gasteiger partial charge >= 0.3 is 0 Å². The molecule has 0 aliphatic heterocycles. The summed E-state index contributed by atoms with van der Waals surface area (Å²) in [5.41, 5.74) is 1.13. The van der Waals surface area contributed by atoms with Crippen LogP contribution in [0.1, 0.15) is 39.2 Å². The van der Waals surface area contributed by atoms with E-state index in [1.807, 2.05) is 24.3 Å². The molecule has 0 radical (unpaired) electrons. The van der Waals surface area contributed by atoms with E-state index in [-0.39, 0.29) is 23.9 Å². The Morgan fingerprint density at radius 2 is 1.68 bits per heavy atom. The summed E-state index contributed by atoms with van der Waals surface area (Å²) in [6.07, 6.45) is 1.21. The minimum Gasteiger partial charge on any atom is -0.346 e. The van der Waals surface area contributed by atoms with Gasteiger partial charge in [-0.3, -0.25) is 9.59 Å². The number of aryl methyl sites for hydroxylation is 1. The second-order valence-corrected chi connectivity index (χ2v) is 6.64. The third-order valence-corrected chi connectivity index (χ3v) is 4.40. The maximum atomic E-state index is 12.4. The summed E-state index contributed by atoms with van der Waals surface area (Å²) < 4.78 is 0. The van der Waals surface area contributed by atoms with Gasteiger partial charge in [0.25, 0.3) is 0 Å². The molecule has 2 aromatic carbocycles. The van der Waals surface area contributed by atoms with Gasteiger partial charge < -0.3 is 10.1 Å². The molecule has 0 aromatic heterocycles. The van der Waals surface area contributed by atoms with Gasteiger partial charge in [-0.15, -0.1) is 0 Å². The average molecular weight is 339 g/mol. The van der Waals surface area contributed by atoms with Gasteiger partial charge in [0.1, 0.15) is 5.78 Å². The number of amides is 1. The molecular formula is C21H25NO3. The number of Topliss-reactive ketones (excluding diaryl/α,β-unsaturated/α-hetero) is 2. The Bertz CT molecular complexity index is 776. The van der Waals surface area contributed by atoms with E-state index >= 15 is 0 Å². The summed E-state index contributed by atoms with van der Waals surface area (Å²) >= 11 is 0. The van der Waals surface area contributed by atoms with Crippen LogP contribution in [-0.4, -0.2) is 23.5 Å². The van der Waals surface area contributed by atoms with E-state index in [9.17, 15) is 14.4 Å². The molecule has 2 aromatic rings. The van der Waals surface area contributed by atoms with E-state index in [4.69, 9.17) is 0 Å². The number of hydrogen-bond donors (Lipinski definition) is 1. The number of fused-ring (bicyclic) bond motifs is 1. The molecule has 0 unspecified atom stereocenters. The van der Waals surface area contributed by atoms with Gasteiger partial charge in [0.2, 0.25) is 5.91 Å². The van der Waals surface area contributed by atoms with Crippen molar-refractivity contribution < 1.29 is 14.4 Å². The molecule has 0 fully saturated rings. The summed E-state index contributed by atoms with van der Waals surface area (Å²) in [7, 11) is 0. The number of rotatable bonds is 8. The van der Waals surface area contributed by atoms with E-state index in [0.29, 0.717) is 12.8 Å². The summed E-state index contributed by atoms with van der Waals surface area (Å²) in [5.74, 6) is -0.694. The smallest absolute Gasteiger partial charge is 0.223 e. The van der Waals surface area contributed by atoms with Crippen molar-refractivity contribution in [3.63, 3.8) is 0 Å². The molecule has 0 saturated carbocycles. The highest BCUT2D eigenvalue weighted by Gasteiger charge is 2.20. The Kier molecular flexibility index (Phi) is 6.45. The molecule has 1 amide bonds. The molecular weight excluding hydrogens is 314 g/mol. The number of benzene rings is 2. The first kappa shape index (κ1) is 18.8. The van der Waals surface area contributed by atoms with Crippen LogP contribution in [0.2, 0.25) is 0 Å². The summed E-state index contributed by atoms with van der Waals surface area (Å²) in [6, 6.07) is 13.6. The van der Waals surface area contributed by atoms with Gasteiger partial charge in [-0.1, -0.05) is 49.4 Å². The average Bonchev–Trinajstić information content (AvgIpc) is 2.58. The quantitative estimate of drug-likeness (QED) is 0.801. The van der Waals surface area contributed by atoms with E-state index in [0.717, 1.165) is 16.3 Å². The molecule has 1 N–H and O–H groups in total. The fourth-order valence-electron chi connectivity index (χ4n) is 2.94. The Hall–Kier alpha value is -2.49. The number of carbonyl (C=O) groups is 3. The predicted molar refractivity (Wildman–Crippen MR) is 99.3 cm³/mol. The van der Waals surface area contributed by atoms with Crippen molar-refractivity contribution in [3.8, 4) is 0 Å². The molecule has 0 aliphatic rings. The Balaban J connectivity index is 1.93. The maximum Gasteiger partial charge on any atom is 0.223 e. The number of hydrogen-bond acceptors (Lipinski definition) is 3. The fourth-order valence-corrected chi connectivity index (χ4v) is 2.94. The predicted octanol–water partition coefficient (Wildman–Crippen LogP) is 3.46. The molecule has 4 nitrogen and oxygen atoms in total. The molecule has 0 bridgehead atoms. The molecule has 132 valence electrons. The van der Waals surface area contributed by atoms with Gasteiger partial charge in [-0.2, -0.15) is 0 Å². The molecule has 0 spiro atoms. The van der Waals surface area contributed by atoms with Crippen molar-refractivity contribution in [2.24, 2.45) is 5.92 Å². The zero-order chi connectivity index (χ0) is 18.4. The number of nitrogens with one attached hydrogen (secondary N) is 1. The van der Waals surface area contributed by atoms with E-state index in [2.05, 4.69) is 23.5 Å². The SMILES string of the molecule is CC(=O)C[C@H](C)C(=O)N[C@@H](C)C(=O)CCc1cccc2ccccc12. The molecule has 2 rings (SSSR count). The van der Waals surface area contributed by atoms with E-state index in [1.165, 1.54) is 6.92 Å². The van der Waals surface area contributed by atoms with Gasteiger partial charge in [-0.25, -0.2) is 0 Å². The lowest BCUT2D eigenvalue weighted by Crippen LogP contribution is -2.41. The normalized spacial score (nSPS) is 13.2. The van der Waals surface area contributed by atoms with Crippen molar-refractivity contribution in [1.82, 2.24) is 5.32 Å². The zero-order valence-corrected chi connectivity index (χ0v) is 15.0. The van der Waals surface area contributed by atoms with Crippen LogP contribution in [0, 0.1) is 5.92 Å². The van der Waals surface area contributed by atoms with Crippen LogP contribution in [0.4, 0.5) is 0 Å². The van der Waals surface area contributed by atoms with Crippen LogP contribution in [0.5, 0.6) is 0 Å². The lowest BCUT2D eigenvalue weighted by Gasteiger charge is -2.16. The molecule has 2 atom stereocenters. The van der Waals surface area contributed by atoms with Crippen molar-refractivity contribution in [3.05, 3.63) is 48.0 Å². The van der Waals surface area contributed by atoms with Gasteiger partial charge in [0, 0.05) is 18.8 Å². The lowest BCUT2D eigenvalue weighted by atomic mass is 9.98. The maximum absolute atomic E-state index is 12.4. The second kappa shape index (κ2) is 8.56. The lowest BCUT2D eigenvalue weighted by molar-refractivity contribution is -0.131. The van der Waals surface area contributed by atoms with Crippen LogP contribution in [-0.2, 0) is 20.8 Å². The van der Waals surface area contributed by atoms with Crippen molar-refractivity contribution >= 4 is 28.2 Å². The number of ketones is 2. The summed E-state index contributed by atoms with van der Waals surface area (Å²) in [4.78, 5) is 35.5. The highest BCUT2D eigenvalue weighted by molar-refractivity contribution is 5.92. The first-order chi connectivity index (χ1) is 11.9. The van der Waals surface area contributed by atoms with Crippen molar-refractivity contribution in [1.29, 1.82) is 0 Å². The third-order valence-electron chi connectivity index (χ3n) is 4.40. The molecule has 0 aliphatic carbocycles. The molecule has 4 heteroatoms. The van der Waals surface area contributed by atoms with Crippen LogP contribution in [0.3, 0.4) is 0 Å². The van der Waals surface area contributed by atoms with Crippen LogP contribution in [0.25, 0.3) is 10.8 Å². The largest absolute Gasteiger partial charge is 0.346 e. The monoisotopic (exact) mass is 339 g/mol. The van der Waals surface area contributed by atoms with Crippen molar-refractivity contribution in [2.45, 2.75) is 46.1 Å². The molecule has 0 heterocycles. The third kappa shape index (κ3) is 5.24. The first-order valence-corrected chi connectivity index (χ1v) is 8.67. The Morgan fingerprint density at radius 1 is 1.00 bits per heavy atom. The minimum absolute atomic E-state index is 0.00342. The van der Waals surface area contributed by atoms with E-state index in [1.54, 1.807) is 13.8 Å². The van der Waals surface area contributed by atoms with Crippen molar-refractivity contribution in [2.75, 3.05) is 0 Å². The van der Waals surface area contributed by atoms with Gasteiger partial charge in [0.05, 0.1) is 6.04 Å². The summed E-state index contributed by atoms with van der Waals surface area (Å²) in [5, 5.41) is 5.03. The molecule has 0 saturated heterocycles. The van der Waals surface area contributed by atoms with E-state index < -0.39 is 12.0 Å². The summed E-state index contributed by atoms with van der Waals surface area (Å²) in [6.45, 7) is 4.86. The van der Waals surface area contributed by atoms with Crippen LogP contribution >= 0.6 is 0 Å². The second-order valence-electron chi connectivity index (χ2n) is 6.64.